The summed E-state index contributed by atoms with van der Waals surface area (Å²) in [5.74, 6) is 1.14. The first-order valence-electron chi connectivity index (χ1n) is 8.71. The summed E-state index contributed by atoms with van der Waals surface area (Å²) in [7, 11) is 0. The molecule has 0 unspecified atom stereocenters. The van der Waals surface area contributed by atoms with Gasteiger partial charge in [-0.25, -0.2) is 0 Å². The molecule has 2 N–H and O–H groups in total. The molecule has 1 fully saturated rings. The molecular weight excluding hydrogens is 314 g/mol. The van der Waals surface area contributed by atoms with Crippen LogP contribution in [0.5, 0.6) is 0 Å². The molecule has 25 heavy (non-hydrogen) atoms. The fourth-order valence-electron chi connectivity index (χ4n) is 4.06. The molecule has 0 saturated heterocycles. The summed E-state index contributed by atoms with van der Waals surface area (Å²) < 4.78 is 1.82. The lowest BCUT2D eigenvalue weighted by Gasteiger charge is -2.40. The summed E-state index contributed by atoms with van der Waals surface area (Å²) in [6, 6.07) is 10.1. The predicted octanol–water partition coefficient (Wildman–Crippen LogP) is 2.96. The average molecular weight is 333 g/mol. The largest absolute Gasteiger partial charge is 0.318 e. The minimum absolute atomic E-state index is 0.151. The van der Waals surface area contributed by atoms with Gasteiger partial charge in [0.2, 0.25) is 0 Å². The molecule has 1 amide bonds. The first kappa shape index (κ1) is 14.5. The van der Waals surface area contributed by atoms with Gasteiger partial charge < -0.3 is 5.32 Å². The minimum atomic E-state index is -0.151. The third kappa shape index (κ3) is 2.54. The lowest BCUT2D eigenvalue weighted by Crippen LogP contribution is -2.31. The lowest BCUT2D eigenvalue weighted by atomic mass is 9.64. The smallest absolute Gasteiger partial charge is 0.276 e. The first-order chi connectivity index (χ1) is 12.3. The number of rotatable bonds is 4. The zero-order valence-electron chi connectivity index (χ0n) is 13.8. The summed E-state index contributed by atoms with van der Waals surface area (Å²) in [5.41, 5.74) is 4.70. The van der Waals surface area contributed by atoms with Crippen LogP contribution >= 0.6 is 0 Å². The van der Waals surface area contributed by atoms with Crippen molar-refractivity contribution in [3.05, 3.63) is 65.2 Å². The van der Waals surface area contributed by atoms with Crippen LogP contribution in [0.2, 0.25) is 0 Å². The molecule has 2 aromatic heterocycles. The van der Waals surface area contributed by atoms with Gasteiger partial charge in [0.25, 0.3) is 5.91 Å². The summed E-state index contributed by atoms with van der Waals surface area (Å²) in [4.78, 5) is 12.6. The van der Waals surface area contributed by atoms with Crippen LogP contribution in [0.15, 0.2) is 42.7 Å². The maximum atomic E-state index is 12.6. The summed E-state index contributed by atoms with van der Waals surface area (Å²) in [6.07, 6.45) is 6.95. The van der Waals surface area contributed by atoms with E-state index in [4.69, 9.17) is 0 Å². The number of H-pyrrole nitrogens is 1. The third-order valence-electron chi connectivity index (χ3n) is 5.31. The molecule has 1 saturated carbocycles. The van der Waals surface area contributed by atoms with E-state index in [0.29, 0.717) is 23.8 Å². The van der Waals surface area contributed by atoms with Crippen molar-refractivity contribution in [2.45, 2.75) is 31.7 Å². The normalized spacial score (nSPS) is 20.6. The molecule has 0 aliphatic heterocycles. The van der Waals surface area contributed by atoms with Gasteiger partial charge >= 0.3 is 0 Å². The number of anilines is 1. The number of aromatic nitrogens is 4. The second-order valence-electron chi connectivity index (χ2n) is 7.07. The molecule has 6 nitrogen and oxygen atoms in total. The van der Waals surface area contributed by atoms with Gasteiger partial charge in [-0.15, -0.1) is 0 Å². The van der Waals surface area contributed by atoms with Crippen LogP contribution in [-0.4, -0.2) is 25.9 Å². The fraction of sp³-hybridized carbons (Fsp3) is 0.316. The maximum Gasteiger partial charge on any atom is 0.276 e. The van der Waals surface area contributed by atoms with E-state index in [-0.39, 0.29) is 5.91 Å². The van der Waals surface area contributed by atoms with Crippen LogP contribution in [0.25, 0.3) is 0 Å². The van der Waals surface area contributed by atoms with Gasteiger partial charge in [0.05, 0.1) is 18.4 Å². The van der Waals surface area contributed by atoms with Crippen molar-refractivity contribution < 1.29 is 4.79 Å². The molecule has 0 radical (unpaired) electrons. The second-order valence-corrected chi connectivity index (χ2v) is 7.07. The molecule has 3 aromatic rings. The number of nitrogens with one attached hydrogen (secondary N) is 2. The van der Waals surface area contributed by atoms with Crippen LogP contribution in [-0.2, 0) is 13.0 Å². The van der Waals surface area contributed by atoms with E-state index >= 15 is 0 Å². The van der Waals surface area contributed by atoms with Gasteiger partial charge in [-0.2, -0.15) is 10.2 Å². The Bertz CT molecular complexity index is 920. The number of carbonyl (C=O) groups is 1. The third-order valence-corrected chi connectivity index (χ3v) is 5.31. The van der Waals surface area contributed by atoms with E-state index in [1.54, 1.807) is 6.20 Å². The van der Waals surface area contributed by atoms with E-state index < -0.39 is 0 Å². The van der Waals surface area contributed by atoms with Crippen molar-refractivity contribution >= 4 is 11.6 Å². The molecule has 2 bridgehead atoms. The van der Waals surface area contributed by atoms with Crippen LogP contribution in [0.1, 0.15) is 46.1 Å². The monoisotopic (exact) mass is 333 g/mol. The Morgan fingerprint density at radius 3 is 2.96 bits per heavy atom. The number of hydrogen-bond donors (Lipinski definition) is 2. The minimum Gasteiger partial charge on any atom is -0.318 e. The highest BCUT2D eigenvalue weighted by molar-refractivity contribution is 6.04. The van der Waals surface area contributed by atoms with Crippen LogP contribution < -0.4 is 5.32 Å². The summed E-state index contributed by atoms with van der Waals surface area (Å²) >= 11 is 0. The molecule has 2 heterocycles. The average Bonchev–Trinajstić information content (AvgIpc) is 3.21. The number of hydrogen-bond acceptors (Lipinski definition) is 3. The first-order valence-corrected chi connectivity index (χ1v) is 8.71. The number of amides is 1. The van der Waals surface area contributed by atoms with Crippen molar-refractivity contribution in [2.75, 3.05) is 5.32 Å². The van der Waals surface area contributed by atoms with Crippen molar-refractivity contribution in [3.63, 3.8) is 0 Å². The van der Waals surface area contributed by atoms with E-state index in [9.17, 15) is 4.79 Å². The number of carbonyl (C=O) groups excluding carboxylic acids is 1. The molecule has 6 rings (SSSR count). The molecule has 0 atom stereocenters. The van der Waals surface area contributed by atoms with Gasteiger partial charge in [-0.1, -0.05) is 30.3 Å². The molecule has 3 aliphatic carbocycles. The summed E-state index contributed by atoms with van der Waals surface area (Å²) in [5, 5.41) is 14.6. The van der Waals surface area contributed by atoms with Gasteiger partial charge in [-0.05, 0) is 36.7 Å². The fourth-order valence-corrected chi connectivity index (χ4v) is 4.06. The van der Waals surface area contributed by atoms with Crippen LogP contribution in [0.4, 0.5) is 5.69 Å². The SMILES string of the molecule is O=C(Nc1cnn(Cc2ccccc2)c1)c1n[nH]c2c1C1CC(C2)C1. The Labute approximate surface area is 145 Å². The lowest BCUT2D eigenvalue weighted by molar-refractivity contribution is 0.101. The quantitative estimate of drug-likeness (QED) is 0.771. The van der Waals surface area contributed by atoms with Gasteiger partial charge in [-0.3, -0.25) is 14.6 Å². The number of benzene rings is 1. The van der Waals surface area contributed by atoms with E-state index in [1.807, 2.05) is 29.1 Å². The van der Waals surface area contributed by atoms with E-state index in [2.05, 4.69) is 32.7 Å². The maximum absolute atomic E-state index is 12.6. The molecule has 0 spiro atoms. The zero-order chi connectivity index (χ0) is 16.8. The molecule has 126 valence electrons. The highest BCUT2D eigenvalue weighted by atomic mass is 16.2. The Balaban J connectivity index is 1.31. The van der Waals surface area contributed by atoms with Gasteiger partial charge in [0.15, 0.2) is 5.69 Å². The highest BCUT2D eigenvalue weighted by Gasteiger charge is 2.41. The van der Waals surface area contributed by atoms with Crippen LogP contribution in [0.3, 0.4) is 0 Å². The highest BCUT2D eigenvalue weighted by Crippen LogP contribution is 2.50. The standard InChI is InChI=1S/C19H19N5O/c25-19(18-17-14-6-13(7-14)8-16(17)22-23-18)21-15-9-20-24(11-15)10-12-4-2-1-3-5-12/h1-5,9,11,13-14H,6-8,10H2,(H,21,25)(H,22,23). The van der Waals surface area contributed by atoms with E-state index in [0.717, 1.165) is 23.6 Å². The Kier molecular flexibility index (Phi) is 3.23. The number of aromatic amines is 1. The Hall–Kier alpha value is -2.89. The van der Waals surface area contributed by atoms with Crippen molar-refractivity contribution in [3.8, 4) is 0 Å². The summed E-state index contributed by atoms with van der Waals surface area (Å²) in [6.45, 7) is 0.679. The number of nitrogens with zero attached hydrogens (tertiary/aromatic N) is 3. The van der Waals surface area contributed by atoms with Crippen molar-refractivity contribution in [2.24, 2.45) is 5.92 Å². The molecule has 6 heteroatoms. The molecule has 1 aromatic carbocycles. The Morgan fingerprint density at radius 2 is 2.12 bits per heavy atom. The molecule has 3 aliphatic rings. The zero-order valence-corrected chi connectivity index (χ0v) is 13.8. The van der Waals surface area contributed by atoms with Crippen molar-refractivity contribution in [1.29, 1.82) is 0 Å². The Morgan fingerprint density at radius 1 is 1.28 bits per heavy atom. The molecular formula is C19H19N5O. The van der Waals surface area contributed by atoms with E-state index in [1.165, 1.54) is 18.4 Å². The van der Waals surface area contributed by atoms with Crippen molar-refractivity contribution in [1.82, 2.24) is 20.0 Å². The van der Waals surface area contributed by atoms with Crippen LogP contribution in [0, 0.1) is 5.92 Å². The topological polar surface area (TPSA) is 75.6 Å². The van der Waals surface area contributed by atoms with Gasteiger partial charge in [0, 0.05) is 17.5 Å². The second kappa shape index (κ2) is 5.58. The van der Waals surface area contributed by atoms with Gasteiger partial charge in [0.1, 0.15) is 0 Å². The predicted molar refractivity (Wildman–Crippen MR) is 93.5 cm³/mol.